The Morgan fingerprint density at radius 3 is 2.70 bits per heavy atom. The van der Waals surface area contributed by atoms with E-state index in [2.05, 4.69) is 19.2 Å². The van der Waals surface area contributed by atoms with E-state index in [9.17, 15) is 19.5 Å². The van der Waals surface area contributed by atoms with Gasteiger partial charge in [0.2, 0.25) is 5.91 Å². The number of carbonyl (C=O) groups excluding carboxylic acids is 2. The van der Waals surface area contributed by atoms with Gasteiger partial charge in [-0.15, -0.1) is 0 Å². The SMILES string of the molecule is CC(C)C[C@@H](C=CC(=O)N1CCc2ccccc21)NC(=O)[C@@H]1CCCCN1C(=O)O. The van der Waals surface area contributed by atoms with Gasteiger partial charge in [0, 0.05) is 30.9 Å². The monoisotopic (exact) mass is 413 g/mol. The van der Waals surface area contributed by atoms with Crippen molar-refractivity contribution in [1.82, 2.24) is 10.2 Å². The van der Waals surface area contributed by atoms with Crippen LogP contribution in [0.1, 0.15) is 45.1 Å². The predicted molar refractivity (Wildman–Crippen MR) is 115 cm³/mol. The van der Waals surface area contributed by atoms with E-state index < -0.39 is 12.1 Å². The molecule has 0 bridgehead atoms. The van der Waals surface area contributed by atoms with Gasteiger partial charge in [0.1, 0.15) is 6.04 Å². The second-order valence-corrected chi connectivity index (χ2v) is 8.46. The van der Waals surface area contributed by atoms with Gasteiger partial charge in [-0.2, -0.15) is 0 Å². The number of hydrogen-bond acceptors (Lipinski definition) is 3. The molecular weight excluding hydrogens is 382 g/mol. The number of rotatable bonds is 6. The molecule has 0 aromatic heterocycles. The lowest BCUT2D eigenvalue weighted by atomic mass is 9.99. The fourth-order valence-electron chi connectivity index (χ4n) is 4.26. The first kappa shape index (κ1) is 21.9. The molecule has 2 aliphatic rings. The van der Waals surface area contributed by atoms with Crippen molar-refractivity contribution < 1.29 is 19.5 Å². The lowest BCUT2D eigenvalue weighted by Gasteiger charge is -2.33. The van der Waals surface area contributed by atoms with Gasteiger partial charge in [0.15, 0.2) is 0 Å². The summed E-state index contributed by atoms with van der Waals surface area (Å²) in [6.45, 7) is 5.13. The Labute approximate surface area is 177 Å². The number of likely N-dealkylation sites (tertiary alicyclic amines) is 1. The summed E-state index contributed by atoms with van der Waals surface area (Å²) in [6.07, 6.45) is 5.87. The van der Waals surface area contributed by atoms with Gasteiger partial charge in [-0.05, 0) is 49.7 Å². The molecule has 2 heterocycles. The van der Waals surface area contributed by atoms with Crippen molar-refractivity contribution in [2.24, 2.45) is 5.92 Å². The standard InChI is InChI=1S/C23H31N3O4/c1-16(2)15-18(24-22(28)20-9-5-6-13-26(20)23(29)30)10-11-21(27)25-14-12-17-7-3-4-8-19(17)25/h3-4,7-8,10-11,16,18,20H,5-6,9,12-15H2,1-2H3,(H,24,28)(H,29,30)/t18-,20+/m1/s1. The van der Waals surface area contributed by atoms with Crippen LogP contribution in [0.15, 0.2) is 36.4 Å². The minimum absolute atomic E-state index is 0.104. The van der Waals surface area contributed by atoms with Crippen LogP contribution in [0.4, 0.5) is 10.5 Å². The van der Waals surface area contributed by atoms with E-state index in [0.29, 0.717) is 31.8 Å². The maximum absolute atomic E-state index is 12.8. The van der Waals surface area contributed by atoms with Crippen molar-refractivity contribution in [2.45, 2.75) is 58.0 Å². The molecule has 2 atom stereocenters. The maximum Gasteiger partial charge on any atom is 0.407 e. The highest BCUT2D eigenvalue weighted by Gasteiger charge is 2.33. The van der Waals surface area contributed by atoms with Gasteiger partial charge in [0.05, 0.1) is 0 Å². The number of benzene rings is 1. The molecule has 1 saturated heterocycles. The molecule has 0 radical (unpaired) electrons. The number of nitrogens with zero attached hydrogens (tertiary/aromatic N) is 2. The van der Waals surface area contributed by atoms with Crippen molar-refractivity contribution in [1.29, 1.82) is 0 Å². The summed E-state index contributed by atoms with van der Waals surface area (Å²) >= 11 is 0. The zero-order valence-corrected chi connectivity index (χ0v) is 17.7. The minimum Gasteiger partial charge on any atom is -0.465 e. The predicted octanol–water partition coefficient (Wildman–Crippen LogP) is 3.20. The molecule has 7 heteroatoms. The highest BCUT2D eigenvalue weighted by atomic mass is 16.4. The van der Waals surface area contributed by atoms with Crippen molar-refractivity contribution in [3.63, 3.8) is 0 Å². The van der Waals surface area contributed by atoms with E-state index in [1.807, 2.05) is 24.3 Å². The summed E-state index contributed by atoms with van der Waals surface area (Å²) in [5, 5.41) is 12.4. The fraction of sp³-hybridized carbons (Fsp3) is 0.522. The molecule has 3 rings (SSSR count). The van der Waals surface area contributed by atoms with Crippen LogP contribution in [0, 0.1) is 5.92 Å². The van der Waals surface area contributed by atoms with Crippen molar-refractivity contribution in [3.05, 3.63) is 42.0 Å². The number of carboxylic acid groups (broad SMARTS) is 1. The molecule has 0 aliphatic carbocycles. The molecule has 2 N–H and O–H groups in total. The Bertz CT molecular complexity index is 820. The second-order valence-electron chi connectivity index (χ2n) is 8.46. The Morgan fingerprint density at radius 2 is 1.97 bits per heavy atom. The minimum atomic E-state index is -1.06. The highest BCUT2D eigenvalue weighted by Crippen LogP contribution is 2.27. The van der Waals surface area contributed by atoms with Gasteiger partial charge in [-0.1, -0.05) is 38.1 Å². The molecule has 0 unspecified atom stereocenters. The third-order valence-electron chi connectivity index (χ3n) is 5.73. The first-order valence-electron chi connectivity index (χ1n) is 10.7. The summed E-state index contributed by atoms with van der Waals surface area (Å²) in [7, 11) is 0. The van der Waals surface area contributed by atoms with Crippen LogP contribution in [-0.4, -0.2) is 53.1 Å². The normalized spacial score (nSPS) is 19.8. The van der Waals surface area contributed by atoms with Crippen LogP contribution < -0.4 is 10.2 Å². The lowest BCUT2D eigenvalue weighted by molar-refractivity contribution is -0.127. The first-order chi connectivity index (χ1) is 14.4. The summed E-state index contributed by atoms with van der Waals surface area (Å²) in [5.41, 5.74) is 2.10. The zero-order valence-electron chi connectivity index (χ0n) is 17.7. The molecule has 1 aromatic carbocycles. The van der Waals surface area contributed by atoms with E-state index in [-0.39, 0.29) is 17.9 Å². The largest absolute Gasteiger partial charge is 0.465 e. The molecule has 30 heavy (non-hydrogen) atoms. The van der Waals surface area contributed by atoms with Crippen LogP contribution in [-0.2, 0) is 16.0 Å². The molecule has 162 valence electrons. The van der Waals surface area contributed by atoms with Crippen molar-refractivity contribution >= 4 is 23.6 Å². The third-order valence-corrected chi connectivity index (χ3v) is 5.73. The second kappa shape index (κ2) is 9.78. The Hall–Kier alpha value is -2.83. The number of piperidine rings is 1. The molecule has 2 aliphatic heterocycles. The van der Waals surface area contributed by atoms with Crippen molar-refractivity contribution in [3.8, 4) is 0 Å². The van der Waals surface area contributed by atoms with Gasteiger partial charge < -0.3 is 15.3 Å². The number of anilines is 1. The Balaban J connectivity index is 1.67. The average molecular weight is 414 g/mol. The van der Waals surface area contributed by atoms with Crippen LogP contribution in [0.25, 0.3) is 0 Å². The van der Waals surface area contributed by atoms with E-state index in [4.69, 9.17) is 0 Å². The zero-order chi connectivity index (χ0) is 21.7. The van der Waals surface area contributed by atoms with Crippen LogP contribution in [0.2, 0.25) is 0 Å². The molecule has 0 saturated carbocycles. The number of fused-ring (bicyclic) bond motifs is 1. The third kappa shape index (κ3) is 5.20. The van der Waals surface area contributed by atoms with E-state index >= 15 is 0 Å². The summed E-state index contributed by atoms with van der Waals surface area (Å²) < 4.78 is 0. The summed E-state index contributed by atoms with van der Waals surface area (Å²) in [6, 6.07) is 6.89. The quantitative estimate of drug-likeness (QED) is 0.701. The molecule has 0 spiro atoms. The Kier molecular flexibility index (Phi) is 7.13. The first-order valence-corrected chi connectivity index (χ1v) is 10.7. The molecule has 1 aromatic rings. The van der Waals surface area contributed by atoms with Gasteiger partial charge >= 0.3 is 6.09 Å². The smallest absolute Gasteiger partial charge is 0.407 e. The van der Waals surface area contributed by atoms with Crippen LogP contribution in [0.3, 0.4) is 0 Å². The van der Waals surface area contributed by atoms with Crippen LogP contribution in [0.5, 0.6) is 0 Å². The lowest BCUT2D eigenvalue weighted by Crippen LogP contribution is -2.53. The van der Waals surface area contributed by atoms with Crippen LogP contribution >= 0.6 is 0 Å². The summed E-state index contributed by atoms with van der Waals surface area (Å²) in [5.74, 6) is -0.0800. The molecule has 1 fully saturated rings. The molecule has 7 nitrogen and oxygen atoms in total. The highest BCUT2D eigenvalue weighted by molar-refractivity contribution is 6.03. The number of amides is 3. The number of hydrogen-bond donors (Lipinski definition) is 2. The van der Waals surface area contributed by atoms with Gasteiger partial charge in [-0.3, -0.25) is 14.5 Å². The topological polar surface area (TPSA) is 90.0 Å². The van der Waals surface area contributed by atoms with Gasteiger partial charge in [0.25, 0.3) is 5.91 Å². The van der Waals surface area contributed by atoms with E-state index in [0.717, 1.165) is 30.5 Å². The maximum atomic E-state index is 12.8. The Morgan fingerprint density at radius 1 is 1.20 bits per heavy atom. The average Bonchev–Trinajstić information content (AvgIpc) is 3.15. The summed E-state index contributed by atoms with van der Waals surface area (Å²) in [4.78, 5) is 40.0. The number of nitrogens with one attached hydrogen (secondary N) is 1. The van der Waals surface area contributed by atoms with Crippen molar-refractivity contribution in [2.75, 3.05) is 18.0 Å². The van der Waals surface area contributed by atoms with E-state index in [1.165, 1.54) is 11.0 Å². The van der Waals surface area contributed by atoms with E-state index in [1.54, 1.807) is 11.0 Å². The fourth-order valence-corrected chi connectivity index (χ4v) is 4.26. The number of carbonyl (C=O) groups is 3. The molecule has 3 amide bonds. The van der Waals surface area contributed by atoms with Gasteiger partial charge in [-0.25, -0.2) is 4.79 Å². The number of para-hydroxylation sites is 1. The molecular formula is C23H31N3O4.